The largest absolute Gasteiger partial charge is 0.310 e. The molecular formula is C56H36BNS2. The molecule has 280 valence electrons. The molecule has 10 aromatic rings. The standard InChI is InChI=1S/C56H36BNS2/c1-4-17-37(18-5-1)54-44-25-10-12-27-46(44)55(47-28-13-11-26-45(47)54)39-20-16-19-38(33-39)40-34-52-56-53(35-40)60-51-36-43(31-32-49(51)57(56)48-29-14-15-30-50(48)59-52)58(41-21-6-2-7-22-41)42-23-8-3-9-24-42/h1-36H. The Morgan fingerprint density at radius 1 is 0.300 bits per heavy atom. The van der Waals surface area contributed by atoms with Crippen LogP contribution in [0.4, 0.5) is 17.1 Å². The number of fused-ring (bicyclic) bond motifs is 6. The van der Waals surface area contributed by atoms with E-state index in [1.165, 1.54) is 90.9 Å². The van der Waals surface area contributed by atoms with E-state index in [4.69, 9.17) is 0 Å². The predicted octanol–water partition coefficient (Wildman–Crippen LogP) is 13.9. The number of rotatable bonds is 6. The molecule has 2 aliphatic heterocycles. The number of benzene rings is 10. The van der Waals surface area contributed by atoms with Crippen LogP contribution in [0.5, 0.6) is 0 Å². The number of nitrogens with zero attached hydrogens (tertiary/aromatic N) is 1. The van der Waals surface area contributed by atoms with Gasteiger partial charge in [0.1, 0.15) is 0 Å². The van der Waals surface area contributed by atoms with Gasteiger partial charge in [0.25, 0.3) is 0 Å². The molecular weight excluding hydrogens is 762 g/mol. The zero-order valence-corrected chi connectivity index (χ0v) is 34.3. The molecule has 2 heterocycles. The van der Waals surface area contributed by atoms with Crippen molar-refractivity contribution < 1.29 is 0 Å². The lowest BCUT2D eigenvalue weighted by Crippen LogP contribution is -2.58. The van der Waals surface area contributed by atoms with Crippen LogP contribution in [0.15, 0.2) is 238 Å². The van der Waals surface area contributed by atoms with Crippen LogP contribution in [0, 0.1) is 0 Å². The van der Waals surface area contributed by atoms with Crippen molar-refractivity contribution in [2.45, 2.75) is 19.6 Å². The molecule has 0 atom stereocenters. The molecule has 10 aromatic carbocycles. The summed E-state index contributed by atoms with van der Waals surface area (Å²) in [4.78, 5) is 7.68. The minimum absolute atomic E-state index is 0.167. The quantitative estimate of drug-likeness (QED) is 0.122. The van der Waals surface area contributed by atoms with Gasteiger partial charge in [-0.3, -0.25) is 0 Å². The van der Waals surface area contributed by atoms with Crippen LogP contribution >= 0.6 is 23.5 Å². The Balaban J connectivity index is 1.02. The summed E-state index contributed by atoms with van der Waals surface area (Å²) in [6.45, 7) is 0.167. The average Bonchev–Trinajstić information content (AvgIpc) is 3.31. The Bertz CT molecular complexity index is 3180. The van der Waals surface area contributed by atoms with Crippen molar-refractivity contribution in [3.63, 3.8) is 0 Å². The van der Waals surface area contributed by atoms with Crippen molar-refractivity contribution in [2.75, 3.05) is 4.90 Å². The van der Waals surface area contributed by atoms with Crippen molar-refractivity contribution in [2.24, 2.45) is 0 Å². The molecule has 0 aliphatic carbocycles. The summed E-state index contributed by atoms with van der Waals surface area (Å²) in [7, 11) is 0. The van der Waals surface area contributed by atoms with E-state index in [-0.39, 0.29) is 6.71 Å². The van der Waals surface area contributed by atoms with Gasteiger partial charge in [-0.25, -0.2) is 0 Å². The first-order valence-corrected chi connectivity index (χ1v) is 22.2. The van der Waals surface area contributed by atoms with Gasteiger partial charge in [0.15, 0.2) is 0 Å². The molecule has 12 rings (SSSR count). The Morgan fingerprint density at radius 2 is 0.783 bits per heavy atom. The maximum absolute atomic E-state index is 2.46. The van der Waals surface area contributed by atoms with E-state index in [0.29, 0.717) is 0 Å². The molecule has 0 fully saturated rings. The van der Waals surface area contributed by atoms with Gasteiger partial charge in [-0.05, 0) is 121 Å². The predicted molar refractivity (Wildman–Crippen MR) is 258 cm³/mol. The second-order valence-electron chi connectivity index (χ2n) is 15.6. The highest BCUT2D eigenvalue weighted by atomic mass is 32.2. The molecule has 0 amide bonds. The first-order chi connectivity index (χ1) is 29.8. The number of hydrogen-bond donors (Lipinski definition) is 0. The van der Waals surface area contributed by atoms with Crippen LogP contribution in [-0.4, -0.2) is 6.71 Å². The molecule has 60 heavy (non-hydrogen) atoms. The van der Waals surface area contributed by atoms with Gasteiger partial charge in [0.05, 0.1) is 0 Å². The molecule has 4 heteroatoms. The highest BCUT2D eigenvalue weighted by Crippen LogP contribution is 2.46. The SMILES string of the molecule is c1ccc(-c2c3ccccc3c(-c3cccc(-c4cc5c6c(c4)Sc4cc(N(c7ccccc7)c7ccccc7)ccc4B6c4ccccc4S5)c3)c3ccccc23)cc1. The maximum atomic E-state index is 2.46. The van der Waals surface area contributed by atoms with Crippen LogP contribution in [0.25, 0.3) is 54.9 Å². The first-order valence-electron chi connectivity index (χ1n) is 20.5. The normalized spacial score (nSPS) is 12.5. The van der Waals surface area contributed by atoms with Crippen LogP contribution in [0.2, 0.25) is 0 Å². The third-order valence-electron chi connectivity index (χ3n) is 12.1. The lowest BCUT2D eigenvalue weighted by molar-refractivity contribution is 1.26. The minimum atomic E-state index is 0.167. The summed E-state index contributed by atoms with van der Waals surface area (Å²) in [6, 6.07) is 80.4. The average molecular weight is 798 g/mol. The van der Waals surface area contributed by atoms with Crippen molar-refractivity contribution in [1.29, 1.82) is 0 Å². The van der Waals surface area contributed by atoms with E-state index in [1.54, 1.807) is 0 Å². The van der Waals surface area contributed by atoms with E-state index in [2.05, 4.69) is 223 Å². The van der Waals surface area contributed by atoms with Gasteiger partial charge in [-0.15, -0.1) is 0 Å². The van der Waals surface area contributed by atoms with Gasteiger partial charge in [-0.1, -0.05) is 192 Å². The topological polar surface area (TPSA) is 3.24 Å². The lowest BCUT2D eigenvalue weighted by atomic mass is 9.36. The Kier molecular flexibility index (Phi) is 8.54. The Morgan fingerprint density at radius 3 is 1.42 bits per heavy atom. The Hall–Kier alpha value is -6.72. The number of hydrogen-bond acceptors (Lipinski definition) is 3. The van der Waals surface area contributed by atoms with Crippen LogP contribution in [0.1, 0.15) is 0 Å². The molecule has 0 bridgehead atoms. The summed E-state index contributed by atoms with van der Waals surface area (Å²) < 4.78 is 0. The third-order valence-corrected chi connectivity index (χ3v) is 14.4. The van der Waals surface area contributed by atoms with Crippen molar-refractivity contribution >= 4 is 85.2 Å². The smallest absolute Gasteiger partial charge is 0.247 e. The molecule has 0 aromatic heterocycles. The summed E-state index contributed by atoms with van der Waals surface area (Å²) in [6.07, 6.45) is 0. The number of anilines is 3. The molecule has 0 spiro atoms. The highest BCUT2D eigenvalue weighted by Gasteiger charge is 2.38. The fraction of sp³-hybridized carbons (Fsp3) is 0. The second-order valence-corrected chi connectivity index (χ2v) is 17.7. The third kappa shape index (κ3) is 5.82. The zero-order chi connectivity index (χ0) is 39.6. The van der Waals surface area contributed by atoms with E-state index in [9.17, 15) is 0 Å². The van der Waals surface area contributed by atoms with Gasteiger partial charge in [-0.2, -0.15) is 0 Å². The summed E-state index contributed by atoms with van der Waals surface area (Å²) in [5.74, 6) is 0. The summed E-state index contributed by atoms with van der Waals surface area (Å²) in [5.41, 5.74) is 15.1. The maximum Gasteiger partial charge on any atom is 0.247 e. The van der Waals surface area contributed by atoms with Crippen molar-refractivity contribution in [3.05, 3.63) is 218 Å². The molecule has 2 aliphatic rings. The fourth-order valence-electron chi connectivity index (χ4n) is 9.55. The van der Waals surface area contributed by atoms with Gasteiger partial charge < -0.3 is 4.90 Å². The molecule has 0 unspecified atom stereocenters. The minimum Gasteiger partial charge on any atom is -0.310 e. The van der Waals surface area contributed by atoms with E-state index in [1.807, 2.05) is 23.5 Å². The van der Waals surface area contributed by atoms with Gasteiger partial charge >= 0.3 is 0 Å². The van der Waals surface area contributed by atoms with Crippen LogP contribution in [-0.2, 0) is 0 Å². The van der Waals surface area contributed by atoms with Crippen molar-refractivity contribution in [1.82, 2.24) is 0 Å². The van der Waals surface area contributed by atoms with Gasteiger partial charge in [0.2, 0.25) is 6.71 Å². The van der Waals surface area contributed by atoms with Gasteiger partial charge in [0, 0.05) is 36.6 Å². The lowest BCUT2D eigenvalue weighted by Gasteiger charge is -2.34. The molecule has 0 saturated carbocycles. The molecule has 0 radical (unpaired) electrons. The summed E-state index contributed by atoms with van der Waals surface area (Å²) in [5, 5.41) is 5.08. The zero-order valence-electron chi connectivity index (χ0n) is 32.6. The monoisotopic (exact) mass is 797 g/mol. The van der Waals surface area contributed by atoms with E-state index < -0.39 is 0 Å². The molecule has 0 saturated heterocycles. The molecule has 1 nitrogen and oxygen atoms in total. The Labute approximate surface area is 359 Å². The molecule has 0 N–H and O–H groups in total. The highest BCUT2D eigenvalue weighted by molar-refractivity contribution is 8.01. The van der Waals surface area contributed by atoms with Crippen molar-refractivity contribution in [3.8, 4) is 33.4 Å². The van der Waals surface area contributed by atoms with Crippen LogP contribution in [0.3, 0.4) is 0 Å². The van der Waals surface area contributed by atoms with E-state index >= 15 is 0 Å². The summed E-state index contributed by atoms with van der Waals surface area (Å²) >= 11 is 3.84. The van der Waals surface area contributed by atoms with Crippen LogP contribution < -0.4 is 21.3 Å². The second kappa shape index (κ2) is 14.5. The fourth-order valence-corrected chi connectivity index (χ4v) is 12.1. The first kappa shape index (κ1) is 35.2. The number of para-hydroxylation sites is 2. The van der Waals surface area contributed by atoms with E-state index in [0.717, 1.165) is 17.1 Å².